The van der Waals surface area contributed by atoms with Crippen LogP contribution in [-0.4, -0.2) is 21.0 Å². The van der Waals surface area contributed by atoms with E-state index in [0.29, 0.717) is 0 Å². The Labute approximate surface area is 144 Å². The van der Waals surface area contributed by atoms with Gasteiger partial charge < -0.3 is 4.74 Å². The highest BCUT2D eigenvalue weighted by Crippen LogP contribution is 2.34. The fourth-order valence-corrected chi connectivity index (χ4v) is 3.79. The molecule has 1 N–H and O–H groups in total. The molecule has 0 aliphatic rings. The lowest BCUT2D eigenvalue weighted by molar-refractivity contribution is 0.406. The highest BCUT2D eigenvalue weighted by atomic mass is 32.2. The molecular formula is C17H24N2O2S2. The van der Waals surface area contributed by atoms with Gasteiger partial charge in [0.25, 0.3) is 0 Å². The van der Waals surface area contributed by atoms with Crippen LogP contribution in [0.25, 0.3) is 10.4 Å². The predicted molar refractivity (Wildman–Crippen MR) is 98.3 cm³/mol. The van der Waals surface area contributed by atoms with E-state index >= 15 is 0 Å². The molecule has 1 aromatic carbocycles. The van der Waals surface area contributed by atoms with E-state index in [0.717, 1.165) is 27.4 Å². The number of nitrogens with one attached hydrogen (secondary N) is 1. The van der Waals surface area contributed by atoms with Gasteiger partial charge in [-0.1, -0.05) is 12.1 Å². The minimum Gasteiger partial charge on any atom is -0.496 e. The Balaban J connectivity index is 2.30. The van der Waals surface area contributed by atoms with Crippen LogP contribution in [0.2, 0.25) is 0 Å². The van der Waals surface area contributed by atoms with Crippen LogP contribution >= 0.6 is 11.3 Å². The van der Waals surface area contributed by atoms with Crippen LogP contribution in [0.5, 0.6) is 5.75 Å². The third kappa shape index (κ3) is 4.19. The molecule has 23 heavy (non-hydrogen) atoms. The second kappa shape index (κ2) is 7.11. The van der Waals surface area contributed by atoms with Crippen molar-refractivity contribution in [3.05, 3.63) is 35.0 Å². The number of methoxy groups -OCH3 is 1. The Bertz CT molecular complexity index is 705. The summed E-state index contributed by atoms with van der Waals surface area (Å²) in [5.74, 6) is 0.793. The molecule has 2 atom stereocenters. The topological polar surface area (TPSA) is 51.2 Å². The normalized spacial score (nSPS) is 14.5. The summed E-state index contributed by atoms with van der Waals surface area (Å²) in [4.78, 5) is 5.44. The van der Waals surface area contributed by atoms with Gasteiger partial charge in [0.05, 0.1) is 38.9 Å². The molecule has 0 fully saturated rings. The first-order valence-electron chi connectivity index (χ1n) is 7.50. The minimum atomic E-state index is -1.13. The van der Waals surface area contributed by atoms with Gasteiger partial charge in [0.2, 0.25) is 0 Å². The van der Waals surface area contributed by atoms with Gasteiger partial charge in [-0.05, 0) is 46.2 Å². The summed E-state index contributed by atoms with van der Waals surface area (Å²) in [5.41, 5.74) is 4.96. The van der Waals surface area contributed by atoms with Gasteiger partial charge in [-0.15, -0.1) is 11.3 Å². The van der Waals surface area contributed by atoms with E-state index < -0.39 is 11.0 Å². The molecule has 0 saturated carbocycles. The Hall–Kier alpha value is -1.24. The van der Waals surface area contributed by atoms with Crippen LogP contribution in [-0.2, 0) is 11.0 Å². The van der Waals surface area contributed by atoms with Crippen molar-refractivity contribution in [2.75, 3.05) is 7.11 Å². The SMILES string of the molecule is COc1cc(-c2scnc2C)ccc1C(C)NS(=O)C(C)(C)C. The molecule has 2 unspecified atom stereocenters. The van der Waals surface area contributed by atoms with Gasteiger partial charge in [0.15, 0.2) is 0 Å². The number of aromatic nitrogens is 1. The van der Waals surface area contributed by atoms with Crippen LogP contribution < -0.4 is 9.46 Å². The molecule has 1 aromatic heterocycles. The van der Waals surface area contributed by atoms with E-state index in [2.05, 4.69) is 15.8 Å². The summed E-state index contributed by atoms with van der Waals surface area (Å²) in [7, 11) is 0.532. The van der Waals surface area contributed by atoms with Gasteiger partial charge in [-0.2, -0.15) is 0 Å². The molecule has 0 radical (unpaired) electrons. The number of thiazole rings is 1. The minimum absolute atomic E-state index is 0.0679. The lowest BCUT2D eigenvalue weighted by Crippen LogP contribution is -2.34. The van der Waals surface area contributed by atoms with Gasteiger partial charge in [0, 0.05) is 11.6 Å². The first-order chi connectivity index (χ1) is 10.7. The summed E-state index contributed by atoms with van der Waals surface area (Å²) >= 11 is 1.62. The molecule has 4 nitrogen and oxygen atoms in total. The Kier molecular flexibility index (Phi) is 5.60. The monoisotopic (exact) mass is 352 g/mol. The molecule has 0 bridgehead atoms. The van der Waals surface area contributed by atoms with Crippen LogP contribution in [0, 0.1) is 6.92 Å². The predicted octanol–water partition coefficient (Wildman–Crippen LogP) is 4.24. The van der Waals surface area contributed by atoms with Crippen LogP contribution in [0.1, 0.15) is 45.0 Å². The zero-order chi connectivity index (χ0) is 17.2. The number of hydrogen-bond donors (Lipinski definition) is 1. The number of hydrogen-bond acceptors (Lipinski definition) is 4. The molecule has 0 aliphatic heterocycles. The number of rotatable bonds is 5. The fraction of sp³-hybridized carbons (Fsp3) is 0.471. The Morgan fingerprint density at radius 1 is 1.35 bits per heavy atom. The maximum Gasteiger partial charge on any atom is 0.124 e. The van der Waals surface area contributed by atoms with E-state index in [1.54, 1.807) is 18.4 Å². The van der Waals surface area contributed by atoms with Crippen molar-refractivity contribution in [1.29, 1.82) is 0 Å². The van der Waals surface area contributed by atoms with E-state index in [1.807, 2.05) is 52.3 Å². The van der Waals surface area contributed by atoms with Gasteiger partial charge in [-0.25, -0.2) is 13.9 Å². The lowest BCUT2D eigenvalue weighted by atomic mass is 10.0. The summed E-state index contributed by atoms with van der Waals surface area (Å²) in [5, 5.41) is 0. The average molecular weight is 353 g/mol. The third-order valence-electron chi connectivity index (χ3n) is 3.55. The van der Waals surface area contributed by atoms with Crippen molar-refractivity contribution in [1.82, 2.24) is 9.71 Å². The molecule has 6 heteroatoms. The van der Waals surface area contributed by atoms with Crippen molar-refractivity contribution in [2.45, 2.75) is 45.4 Å². The maximum atomic E-state index is 12.3. The van der Waals surface area contributed by atoms with Crippen LogP contribution in [0.3, 0.4) is 0 Å². The van der Waals surface area contributed by atoms with Crippen molar-refractivity contribution in [3.8, 4) is 16.2 Å². The number of nitrogens with zero attached hydrogens (tertiary/aromatic N) is 1. The van der Waals surface area contributed by atoms with Crippen LogP contribution in [0.4, 0.5) is 0 Å². The zero-order valence-electron chi connectivity index (χ0n) is 14.5. The standard InChI is InChI=1S/C17H24N2O2S2/c1-11(19-23(20)17(3,4)5)14-8-7-13(9-15(14)21-6)16-12(2)18-10-22-16/h7-11,19H,1-6H3. The largest absolute Gasteiger partial charge is 0.496 e. The van der Waals surface area contributed by atoms with E-state index in [9.17, 15) is 4.21 Å². The smallest absolute Gasteiger partial charge is 0.124 e. The van der Waals surface area contributed by atoms with Crippen molar-refractivity contribution in [3.63, 3.8) is 0 Å². The van der Waals surface area contributed by atoms with Crippen molar-refractivity contribution < 1.29 is 8.95 Å². The fourth-order valence-electron chi connectivity index (χ4n) is 2.19. The summed E-state index contributed by atoms with van der Waals surface area (Å²) in [6.07, 6.45) is 0. The summed E-state index contributed by atoms with van der Waals surface area (Å²) < 4.78 is 20.7. The molecule has 2 aromatic rings. The van der Waals surface area contributed by atoms with E-state index in [1.165, 1.54) is 0 Å². The first kappa shape index (κ1) is 18.1. The highest BCUT2D eigenvalue weighted by Gasteiger charge is 2.23. The van der Waals surface area contributed by atoms with Crippen molar-refractivity contribution >= 4 is 22.3 Å². The summed E-state index contributed by atoms with van der Waals surface area (Å²) in [6.45, 7) is 9.86. The zero-order valence-corrected chi connectivity index (χ0v) is 16.1. The Morgan fingerprint density at radius 3 is 2.57 bits per heavy atom. The van der Waals surface area contributed by atoms with E-state index in [4.69, 9.17) is 4.74 Å². The maximum absolute atomic E-state index is 12.3. The van der Waals surface area contributed by atoms with Crippen molar-refractivity contribution in [2.24, 2.45) is 0 Å². The van der Waals surface area contributed by atoms with Gasteiger partial charge in [-0.3, -0.25) is 0 Å². The quantitative estimate of drug-likeness (QED) is 0.875. The van der Waals surface area contributed by atoms with Gasteiger partial charge >= 0.3 is 0 Å². The van der Waals surface area contributed by atoms with Crippen LogP contribution in [0.15, 0.2) is 23.7 Å². The van der Waals surface area contributed by atoms with E-state index in [-0.39, 0.29) is 10.8 Å². The number of benzene rings is 1. The number of ether oxygens (including phenoxy) is 1. The molecular weight excluding hydrogens is 328 g/mol. The van der Waals surface area contributed by atoms with Gasteiger partial charge in [0.1, 0.15) is 5.75 Å². The molecule has 1 heterocycles. The second-order valence-electron chi connectivity index (χ2n) is 6.44. The molecule has 0 aliphatic carbocycles. The lowest BCUT2D eigenvalue weighted by Gasteiger charge is -2.23. The second-order valence-corrected chi connectivity index (χ2v) is 9.30. The first-order valence-corrected chi connectivity index (χ1v) is 9.53. The molecule has 0 saturated heterocycles. The molecule has 2 rings (SSSR count). The molecule has 0 amide bonds. The number of aryl methyl sites for hydroxylation is 1. The third-order valence-corrected chi connectivity index (χ3v) is 6.21. The molecule has 0 spiro atoms. The summed E-state index contributed by atoms with van der Waals surface area (Å²) in [6, 6.07) is 6.05. The molecule has 126 valence electrons. The average Bonchev–Trinajstić information content (AvgIpc) is 2.91. The Morgan fingerprint density at radius 2 is 2.04 bits per heavy atom. The highest BCUT2D eigenvalue weighted by molar-refractivity contribution is 7.84.